The van der Waals surface area contributed by atoms with Crippen LogP contribution in [0.15, 0.2) is 36.4 Å². The Labute approximate surface area is 117 Å². The van der Waals surface area contributed by atoms with Gasteiger partial charge in [0.25, 0.3) is 5.69 Å². The largest absolute Gasteiger partial charge is 0.439 e. The molecule has 0 radical (unpaired) electrons. The number of nitrogens with zero attached hydrogens (tertiary/aromatic N) is 4. The predicted molar refractivity (Wildman–Crippen MR) is 68.8 cm³/mol. The number of nitriles is 1. The van der Waals surface area contributed by atoms with E-state index in [4.69, 9.17) is 10.00 Å². The summed E-state index contributed by atoms with van der Waals surface area (Å²) in [6, 6.07) is 9.22. The van der Waals surface area contributed by atoms with Crippen molar-refractivity contribution in [3.8, 4) is 17.7 Å². The molecule has 9 nitrogen and oxygen atoms in total. The molecular formula is C12H6N4O5. The van der Waals surface area contributed by atoms with Crippen LogP contribution in [0.2, 0.25) is 0 Å². The molecule has 0 aliphatic heterocycles. The minimum absolute atomic E-state index is 0.0716. The Morgan fingerprint density at radius 1 is 1.14 bits per heavy atom. The van der Waals surface area contributed by atoms with E-state index in [9.17, 15) is 20.2 Å². The summed E-state index contributed by atoms with van der Waals surface area (Å²) in [5.74, 6) is 0.0621. The standard InChI is InChI=1S/C12H6N4O5/c13-7-10-11(16(19)20)4-5-12(14-10)21-9-3-1-2-8(6-9)15(17)18/h1-6H. The van der Waals surface area contributed by atoms with Gasteiger partial charge in [0.15, 0.2) is 0 Å². The first-order chi connectivity index (χ1) is 10.0. The van der Waals surface area contributed by atoms with Gasteiger partial charge in [-0.3, -0.25) is 20.2 Å². The Morgan fingerprint density at radius 3 is 2.52 bits per heavy atom. The Bertz CT molecular complexity index is 768. The quantitative estimate of drug-likeness (QED) is 0.622. The number of hydrogen-bond acceptors (Lipinski definition) is 7. The molecule has 1 aromatic carbocycles. The van der Waals surface area contributed by atoms with Gasteiger partial charge in [-0.1, -0.05) is 6.07 Å². The summed E-state index contributed by atoms with van der Waals surface area (Å²) in [5, 5.41) is 30.1. The van der Waals surface area contributed by atoms with Crippen LogP contribution in [0.25, 0.3) is 0 Å². The topological polar surface area (TPSA) is 132 Å². The molecule has 1 aromatic heterocycles. The first-order valence-corrected chi connectivity index (χ1v) is 5.49. The number of nitro groups is 2. The SMILES string of the molecule is N#Cc1nc(Oc2cccc([N+](=O)[O-])c2)ccc1[N+](=O)[O-]. The maximum atomic E-state index is 10.7. The van der Waals surface area contributed by atoms with E-state index in [0.717, 1.165) is 6.07 Å². The maximum absolute atomic E-state index is 10.7. The Morgan fingerprint density at radius 2 is 1.90 bits per heavy atom. The van der Waals surface area contributed by atoms with Crippen LogP contribution in [0, 0.1) is 31.6 Å². The summed E-state index contributed by atoms with van der Waals surface area (Å²) in [6.07, 6.45) is 0. The molecule has 0 aliphatic rings. The molecule has 21 heavy (non-hydrogen) atoms. The molecule has 0 atom stereocenters. The van der Waals surface area contributed by atoms with Crippen molar-refractivity contribution in [2.45, 2.75) is 0 Å². The number of aromatic nitrogens is 1. The number of pyridine rings is 1. The number of ether oxygens (including phenoxy) is 1. The maximum Gasteiger partial charge on any atom is 0.305 e. The molecule has 0 saturated carbocycles. The summed E-state index contributed by atoms with van der Waals surface area (Å²) in [5.41, 5.74) is -1.01. The van der Waals surface area contributed by atoms with Gasteiger partial charge in [-0.15, -0.1) is 0 Å². The van der Waals surface area contributed by atoms with E-state index in [2.05, 4.69) is 4.98 Å². The van der Waals surface area contributed by atoms with Crippen molar-refractivity contribution in [2.75, 3.05) is 0 Å². The van der Waals surface area contributed by atoms with Crippen LogP contribution < -0.4 is 4.74 Å². The van der Waals surface area contributed by atoms with Gasteiger partial charge in [-0.05, 0) is 6.07 Å². The van der Waals surface area contributed by atoms with Gasteiger partial charge in [0.2, 0.25) is 11.6 Å². The molecular weight excluding hydrogens is 280 g/mol. The molecule has 2 rings (SSSR count). The first kappa shape index (κ1) is 13.9. The molecule has 0 saturated heterocycles. The number of benzene rings is 1. The van der Waals surface area contributed by atoms with Crippen LogP contribution in [-0.2, 0) is 0 Å². The second-order valence-electron chi connectivity index (χ2n) is 3.74. The molecule has 2 aromatic rings. The van der Waals surface area contributed by atoms with Crippen molar-refractivity contribution in [3.05, 3.63) is 62.3 Å². The van der Waals surface area contributed by atoms with Crippen LogP contribution >= 0.6 is 0 Å². The summed E-state index contributed by atoms with van der Waals surface area (Å²) >= 11 is 0. The van der Waals surface area contributed by atoms with Gasteiger partial charge in [0.1, 0.15) is 11.8 Å². The molecule has 0 spiro atoms. The van der Waals surface area contributed by atoms with Crippen molar-refractivity contribution in [1.82, 2.24) is 4.98 Å². The molecule has 0 fully saturated rings. The monoisotopic (exact) mass is 286 g/mol. The van der Waals surface area contributed by atoms with Gasteiger partial charge >= 0.3 is 5.69 Å². The van der Waals surface area contributed by atoms with E-state index in [-0.39, 0.29) is 17.3 Å². The summed E-state index contributed by atoms with van der Waals surface area (Å²) in [6.45, 7) is 0. The summed E-state index contributed by atoms with van der Waals surface area (Å²) in [7, 11) is 0. The van der Waals surface area contributed by atoms with Crippen molar-refractivity contribution in [2.24, 2.45) is 0 Å². The van der Waals surface area contributed by atoms with E-state index in [1.807, 2.05) is 0 Å². The highest BCUT2D eigenvalue weighted by Gasteiger charge is 2.16. The third-order valence-corrected chi connectivity index (χ3v) is 2.40. The van der Waals surface area contributed by atoms with Crippen molar-refractivity contribution in [3.63, 3.8) is 0 Å². The molecule has 0 amide bonds. The molecule has 0 aliphatic carbocycles. The molecule has 1 heterocycles. The number of rotatable bonds is 4. The average molecular weight is 286 g/mol. The van der Waals surface area contributed by atoms with Crippen molar-refractivity contribution >= 4 is 11.4 Å². The minimum Gasteiger partial charge on any atom is -0.439 e. The number of non-ortho nitro benzene ring substituents is 1. The van der Waals surface area contributed by atoms with Gasteiger partial charge in [-0.2, -0.15) is 10.2 Å². The van der Waals surface area contributed by atoms with Crippen molar-refractivity contribution < 1.29 is 14.6 Å². The fourth-order valence-corrected chi connectivity index (χ4v) is 1.50. The Balaban J connectivity index is 2.32. The first-order valence-electron chi connectivity index (χ1n) is 5.49. The zero-order valence-electron chi connectivity index (χ0n) is 10.3. The van der Waals surface area contributed by atoms with E-state index in [1.165, 1.54) is 30.3 Å². The molecule has 9 heteroatoms. The lowest BCUT2D eigenvalue weighted by Gasteiger charge is -2.04. The second kappa shape index (κ2) is 5.62. The van der Waals surface area contributed by atoms with Crippen molar-refractivity contribution in [1.29, 1.82) is 5.26 Å². The van der Waals surface area contributed by atoms with Crippen LogP contribution in [0.4, 0.5) is 11.4 Å². The Hall–Kier alpha value is -3.54. The molecule has 104 valence electrons. The highest BCUT2D eigenvalue weighted by molar-refractivity contribution is 5.46. The predicted octanol–water partition coefficient (Wildman–Crippen LogP) is 2.56. The molecule has 0 N–H and O–H groups in total. The van der Waals surface area contributed by atoms with Gasteiger partial charge in [0.05, 0.1) is 15.9 Å². The average Bonchev–Trinajstić information content (AvgIpc) is 2.47. The van der Waals surface area contributed by atoms with Crippen LogP contribution in [0.3, 0.4) is 0 Å². The zero-order valence-corrected chi connectivity index (χ0v) is 10.3. The van der Waals surface area contributed by atoms with E-state index in [1.54, 1.807) is 6.07 Å². The lowest BCUT2D eigenvalue weighted by molar-refractivity contribution is -0.385. The fourth-order valence-electron chi connectivity index (χ4n) is 1.50. The normalized spacial score (nSPS) is 9.67. The van der Waals surface area contributed by atoms with Gasteiger partial charge in [-0.25, -0.2) is 0 Å². The van der Waals surface area contributed by atoms with Crippen LogP contribution in [-0.4, -0.2) is 14.8 Å². The fraction of sp³-hybridized carbons (Fsp3) is 0. The van der Waals surface area contributed by atoms with E-state index >= 15 is 0 Å². The lowest BCUT2D eigenvalue weighted by atomic mass is 10.3. The van der Waals surface area contributed by atoms with E-state index < -0.39 is 21.2 Å². The molecule has 0 unspecified atom stereocenters. The lowest BCUT2D eigenvalue weighted by Crippen LogP contribution is -1.97. The highest BCUT2D eigenvalue weighted by Crippen LogP contribution is 2.26. The van der Waals surface area contributed by atoms with Crippen LogP contribution in [0.5, 0.6) is 11.6 Å². The summed E-state index contributed by atoms with van der Waals surface area (Å²) in [4.78, 5) is 23.7. The third kappa shape index (κ3) is 3.07. The highest BCUT2D eigenvalue weighted by atomic mass is 16.6. The second-order valence-corrected chi connectivity index (χ2v) is 3.74. The number of hydrogen-bond donors (Lipinski definition) is 0. The zero-order chi connectivity index (χ0) is 15.4. The minimum atomic E-state index is -0.733. The van der Waals surface area contributed by atoms with E-state index in [0.29, 0.717) is 0 Å². The Kier molecular flexibility index (Phi) is 3.71. The smallest absolute Gasteiger partial charge is 0.305 e. The number of nitro benzene ring substituents is 1. The van der Waals surface area contributed by atoms with Gasteiger partial charge in [0, 0.05) is 18.2 Å². The van der Waals surface area contributed by atoms with Gasteiger partial charge < -0.3 is 4.74 Å². The summed E-state index contributed by atoms with van der Waals surface area (Å²) < 4.78 is 5.26. The third-order valence-electron chi connectivity index (χ3n) is 2.40. The molecule has 0 bridgehead atoms. The van der Waals surface area contributed by atoms with Crippen LogP contribution in [0.1, 0.15) is 5.69 Å².